The number of piperidine rings is 1. The third-order valence-electron chi connectivity index (χ3n) is 5.58. The molecule has 1 N–H and O–H groups in total. The van der Waals surface area contributed by atoms with E-state index >= 15 is 0 Å². The van der Waals surface area contributed by atoms with E-state index in [0.29, 0.717) is 55.4 Å². The Morgan fingerprint density at radius 2 is 1.88 bits per heavy atom. The van der Waals surface area contributed by atoms with Crippen molar-refractivity contribution in [3.63, 3.8) is 0 Å². The van der Waals surface area contributed by atoms with Gasteiger partial charge in [0.1, 0.15) is 11.6 Å². The van der Waals surface area contributed by atoms with Gasteiger partial charge in [0.25, 0.3) is 5.91 Å². The third kappa shape index (κ3) is 6.00. The van der Waals surface area contributed by atoms with Crippen LogP contribution in [0.4, 0.5) is 11.5 Å². The van der Waals surface area contributed by atoms with Crippen molar-refractivity contribution in [3.8, 4) is 5.75 Å². The molecule has 0 aliphatic carbocycles. The number of amides is 2. The minimum absolute atomic E-state index is 0.0636. The van der Waals surface area contributed by atoms with Gasteiger partial charge >= 0.3 is 5.97 Å². The van der Waals surface area contributed by atoms with E-state index in [9.17, 15) is 14.4 Å². The van der Waals surface area contributed by atoms with E-state index < -0.39 is 0 Å². The summed E-state index contributed by atoms with van der Waals surface area (Å²) < 4.78 is 10.4. The maximum Gasteiger partial charge on any atom is 0.309 e. The number of rotatable bonds is 8. The van der Waals surface area contributed by atoms with E-state index in [1.807, 2.05) is 24.3 Å². The van der Waals surface area contributed by atoms with Crippen molar-refractivity contribution in [2.45, 2.75) is 19.8 Å². The minimum atomic E-state index is -0.324. The van der Waals surface area contributed by atoms with Crippen LogP contribution in [0.5, 0.6) is 5.75 Å². The van der Waals surface area contributed by atoms with Gasteiger partial charge in [-0.25, -0.2) is 4.98 Å². The number of carbonyl (C=O) groups excluding carboxylic acids is 3. The maximum absolute atomic E-state index is 13.1. The van der Waals surface area contributed by atoms with Crippen molar-refractivity contribution in [1.82, 2.24) is 14.8 Å². The van der Waals surface area contributed by atoms with Gasteiger partial charge in [0.05, 0.1) is 37.4 Å². The first-order valence-corrected chi connectivity index (χ1v) is 11.0. The number of pyridine rings is 1. The van der Waals surface area contributed by atoms with E-state index in [1.54, 1.807) is 44.3 Å². The van der Waals surface area contributed by atoms with Crippen LogP contribution in [0.15, 0.2) is 42.6 Å². The highest BCUT2D eigenvalue weighted by Crippen LogP contribution is 2.28. The highest BCUT2D eigenvalue weighted by atomic mass is 16.5. The smallest absolute Gasteiger partial charge is 0.309 e. The van der Waals surface area contributed by atoms with Gasteiger partial charge in [-0.3, -0.25) is 14.4 Å². The molecule has 9 nitrogen and oxygen atoms in total. The van der Waals surface area contributed by atoms with Crippen LogP contribution in [-0.4, -0.2) is 73.0 Å². The van der Waals surface area contributed by atoms with Crippen LogP contribution in [-0.2, 0) is 14.3 Å². The molecule has 9 heteroatoms. The van der Waals surface area contributed by atoms with E-state index in [-0.39, 0.29) is 30.2 Å². The number of likely N-dealkylation sites (tertiary alicyclic amines) is 1. The molecule has 0 unspecified atom stereocenters. The van der Waals surface area contributed by atoms with Crippen LogP contribution in [0.25, 0.3) is 0 Å². The number of hydrogen-bond acceptors (Lipinski definition) is 7. The molecule has 1 aromatic carbocycles. The Bertz CT molecular complexity index is 988. The zero-order valence-electron chi connectivity index (χ0n) is 19.2. The molecule has 3 rings (SSSR count). The van der Waals surface area contributed by atoms with Gasteiger partial charge in [0, 0.05) is 26.3 Å². The highest BCUT2D eigenvalue weighted by molar-refractivity contribution is 6.00. The molecule has 176 valence electrons. The average molecular weight is 455 g/mol. The summed E-state index contributed by atoms with van der Waals surface area (Å²) >= 11 is 0. The second-order valence-corrected chi connectivity index (χ2v) is 7.79. The Morgan fingerprint density at radius 3 is 2.58 bits per heavy atom. The van der Waals surface area contributed by atoms with Crippen LogP contribution in [0.3, 0.4) is 0 Å². The molecule has 0 atom stereocenters. The summed E-state index contributed by atoms with van der Waals surface area (Å²) in [7, 11) is 3.16. The van der Waals surface area contributed by atoms with Crippen molar-refractivity contribution < 1.29 is 23.9 Å². The zero-order chi connectivity index (χ0) is 23.8. The number of para-hydroxylation sites is 2. The van der Waals surface area contributed by atoms with E-state index in [2.05, 4.69) is 10.3 Å². The monoisotopic (exact) mass is 454 g/mol. The second-order valence-electron chi connectivity index (χ2n) is 7.79. The molecule has 0 spiro atoms. The molecule has 1 aliphatic rings. The first-order valence-electron chi connectivity index (χ1n) is 11.0. The lowest BCUT2D eigenvalue weighted by atomic mass is 9.97. The fourth-order valence-electron chi connectivity index (χ4n) is 3.76. The van der Waals surface area contributed by atoms with Crippen molar-refractivity contribution in [2.75, 3.05) is 45.7 Å². The van der Waals surface area contributed by atoms with Crippen LogP contribution >= 0.6 is 0 Å². The fraction of sp³-hybridized carbons (Fsp3) is 0.417. The number of aromatic nitrogens is 1. The number of hydrogen-bond donors (Lipinski definition) is 1. The Labute approximate surface area is 193 Å². The van der Waals surface area contributed by atoms with Crippen molar-refractivity contribution >= 4 is 29.3 Å². The topological polar surface area (TPSA) is 101 Å². The lowest BCUT2D eigenvalue weighted by molar-refractivity contribution is -0.151. The van der Waals surface area contributed by atoms with Crippen LogP contribution < -0.4 is 10.1 Å². The Balaban J connectivity index is 1.63. The number of nitrogens with zero attached hydrogens (tertiary/aromatic N) is 3. The molecule has 2 heterocycles. The van der Waals surface area contributed by atoms with Crippen molar-refractivity contribution in [1.29, 1.82) is 0 Å². The largest absolute Gasteiger partial charge is 0.495 e. The summed E-state index contributed by atoms with van der Waals surface area (Å²) in [4.78, 5) is 45.2. The second kappa shape index (κ2) is 11.3. The number of carbonyl (C=O) groups is 3. The van der Waals surface area contributed by atoms with Gasteiger partial charge in [-0.15, -0.1) is 0 Å². The molecule has 33 heavy (non-hydrogen) atoms. The average Bonchev–Trinajstić information content (AvgIpc) is 2.84. The number of methoxy groups -OCH3 is 1. The SMILES string of the molecule is CCOC(=O)C1CCN(C(=O)CN(C)C(=O)c2cccnc2Nc2ccccc2OC)CC1. The summed E-state index contributed by atoms with van der Waals surface area (Å²) in [6, 6.07) is 10.7. The Kier molecular flexibility index (Phi) is 8.23. The van der Waals surface area contributed by atoms with E-state index in [0.717, 1.165) is 0 Å². The van der Waals surface area contributed by atoms with Crippen LogP contribution in [0.2, 0.25) is 0 Å². The Morgan fingerprint density at radius 1 is 1.15 bits per heavy atom. The summed E-state index contributed by atoms with van der Waals surface area (Å²) in [5, 5.41) is 3.15. The maximum atomic E-state index is 13.1. The quantitative estimate of drug-likeness (QED) is 0.612. The molecule has 1 aromatic heterocycles. The lowest BCUT2D eigenvalue weighted by Gasteiger charge is -2.32. The summed E-state index contributed by atoms with van der Waals surface area (Å²) in [5.41, 5.74) is 1.02. The molecule has 2 amide bonds. The number of likely N-dealkylation sites (N-methyl/N-ethyl adjacent to an activating group) is 1. The van der Waals surface area contributed by atoms with Gasteiger partial charge in [0.2, 0.25) is 5.91 Å². The predicted molar refractivity (Wildman–Crippen MR) is 123 cm³/mol. The van der Waals surface area contributed by atoms with E-state index in [4.69, 9.17) is 9.47 Å². The number of anilines is 2. The lowest BCUT2D eigenvalue weighted by Crippen LogP contribution is -2.45. The van der Waals surface area contributed by atoms with Gasteiger partial charge < -0.3 is 24.6 Å². The van der Waals surface area contributed by atoms with Crippen LogP contribution in [0, 0.1) is 5.92 Å². The number of ether oxygens (including phenoxy) is 2. The molecular weight excluding hydrogens is 424 g/mol. The summed E-state index contributed by atoms with van der Waals surface area (Å²) in [6.45, 7) is 3.01. The number of nitrogens with one attached hydrogen (secondary N) is 1. The predicted octanol–water partition coefficient (Wildman–Crippen LogP) is 2.71. The summed E-state index contributed by atoms with van der Waals surface area (Å²) in [6.07, 6.45) is 2.73. The first kappa shape index (κ1) is 24.0. The van der Waals surface area contributed by atoms with Gasteiger partial charge in [-0.1, -0.05) is 12.1 Å². The molecule has 0 saturated carbocycles. The van der Waals surface area contributed by atoms with Gasteiger partial charge in [-0.2, -0.15) is 0 Å². The molecule has 0 bridgehead atoms. The molecule has 2 aromatic rings. The first-order chi connectivity index (χ1) is 15.9. The van der Waals surface area contributed by atoms with Gasteiger partial charge in [0.15, 0.2) is 0 Å². The van der Waals surface area contributed by atoms with E-state index in [1.165, 1.54) is 4.90 Å². The third-order valence-corrected chi connectivity index (χ3v) is 5.58. The van der Waals surface area contributed by atoms with Crippen LogP contribution in [0.1, 0.15) is 30.1 Å². The number of benzene rings is 1. The Hall–Kier alpha value is -3.62. The molecule has 0 radical (unpaired) electrons. The van der Waals surface area contributed by atoms with Gasteiger partial charge in [-0.05, 0) is 44.0 Å². The number of esters is 1. The molecule has 1 saturated heterocycles. The van der Waals surface area contributed by atoms with Crippen molar-refractivity contribution in [2.24, 2.45) is 5.92 Å². The zero-order valence-corrected chi connectivity index (χ0v) is 19.2. The molecule has 1 aliphatic heterocycles. The molecule has 1 fully saturated rings. The summed E-state index contributed by atoms with van der Waals surface area (Å²) in [5.74, 6) is 0.139. The van der Waals surface area contributed by atoms with Crippen molar-refractivity contribution in [3.05, 3.63) is 48.2 Å². The minimum Gasteiger partial charge on any atom is -0.495 e. The molecular formula is C24H30N4O5. The standard InChI is InChI=1S/C24H30N4O5/c1-4-33-24(31)17-11-14-28(15-12-17)21(29)16-27(2)23(30)18-8-7-13-25-22(18)26-19-9-5-6-10-20(19)32-3/h5-10,13,17H,4,11-12,14-16H2,1-3H3,(H,25,26). The normalized spacial score (nSPS) is 13.8. The fourth-order valence-corrected chi connectivity index (χ4v) is 3.76. The highest BCUT2D eigenvalue weighted by Gasteiger charge is 2.29.